The molecular weight excluding hydrogens is 428 g/mol. The smallest absolute Gasteiger partial charge is 0.186 e. The number of furan rings is 1. The number of rotatable bonds is 5. The van der Waals surface area contributed by atoms with Gasteiger partial charge < -0.3 is 14.1 Å². The van der Waals surface area contributed by atoms with Gasteiger partial charge >= 0.3 is 0 Å². The molecule has 7 heteroatoms. The summed E-state index contributed by atoms with van der Waals surface area (Å²) in [6.07, 6.45) is 2.91. The minimum Gasteiger partial charge on any atom is -0.457 e. The Bertz CT molecular complexity index is 1100. The molecule has 0 N–H and O–H groups in total. The largest absolute Gasteiger partial charge is 0.457 e. The van der Waals surface area contributed by atoms with Gasteiger partial charge in [-0.25, -0.2) is 4.39 Å². The number of benzene rings is 2. The lowest BCUT2D eigenvalue weighted by molar-refractivity contribution is 0.104. The van der Waals surface area contributed by atoms with Crippen molar-refractivity contribution in [3.05, 3.63) is 81.8 Å². The lowest BCUT2D eigenvalue weighted by atomic mass is 10.1. The second-order valence-electron chi connectivity index (χ2n) is 6.79. The van der Waals surface area contributed by atoms with E-state index < -0.39 is 5.82 Å². The highest BCUT2D eigenvalue weighted by Crippen LogP contribution is 2.30. The summed E-state index contributed by atoms with van der Waals surface area (Å²) in [4.78, 5) is 14.4. The zero-order valence-electron chi connectivity index (χ0n) is 15.9. The zero-order chi connectivity index (χ0) is 21.1. The zero-order valence-corrected chi connectivity index (χ0v) is 17.4. The number of halogens is 3. The molecule has 0 spiro atoms. The first-order chi connectivity index (χ1) is 14.5. The molecule has 0 amide bonds. The van der Waals surface area contributed by atoms with Crippen molar-refractivity contribution in [1.29, 1.82) is 0 Å². The molecule has 0 aliphatic carbocycles. The maximum Gasteiger partial charge on any atom is 0.186 e. The summed E-state index contributed by atoms with van der Waals surface area (Å²) in [6.45, 7) is 2.39. The van der Waals surface area contributed by atoms with Crippen LogP contribution in [0, 0.1) is 5.82 Å². The fourth-order valence-electron chi connectivity index (χ4n) is 3.22. The van der Waals surface area contributed by atoms with Crippen molar-refractivity contribution in [2.45, 2.75) is 0 Å². The maximum atomic E-state index is 14.5. The molecule has 0 radical (unpaired) electrons. The number of carbonyl (C=O) groups excluding carboxylic acids is 1. The molecule has 2 aromatic carbocycles. The molecule has 30 heavy (non-hydrogen) atoms. The van der Waals surface area contributed by atoms with Crippen LogP contribution in [0.4, 0.5) is 10.1 Å². The van der Waals surface area contributed by atoms with Crippen LogP contribution in [0.15, 0.2) is 59.0 Å². The van der Waals surface area contributed by atoms with Gasteiger partial charge in [-0.1, -0.05) is 23.2 Å². The topological polar surface area (TPSA) is 42.7 Å². The fourth-order valence-corrected chi connectivity index (χ4v) is 3.52. The molecule has 2 heterocycles. The maximum absolute atomic E-state index is 14.5. The Balaban J connectivity index is 1.46. The summed E-state index contributed by atoms with van der Waals surface area (Å²) in [6, 6.07) is 13.2. The second-order valence-corrected chi connectivity index (χ2v) is 7.61. The third kappa shape index (κ3) is 4.59. The average molecular weight is 446 g/mol. The Labute approximate surface area is 183 Å². The van der Waals surface area contributed by atoms with Gasteiger partial charge in [0.25, 0.3) is 0 Å². The average Bonchev–Trinajstić information content (AvgIpc) is 3.23. The Morgan fingerprint density at radius 1 is 1.00 bits per heavy atom. The summed E-state index contributed by atoms with van der Waals surface area (Å²) < 4.78 is 25.5. The van der Waals surface area contributed by atoms with Crippen molar-refractivity contribution in [3.63, 3.8) is 0 Å². The van der Waals surface area contributed by atoms with Crippen LogP contribution >= 0.6 is 23.2 Å². The summed E-state index contributed by atoms with van der Waals surface area (Å²) in [5.41, 5.74) is 1.53. The van der Waals surface area contributed by atoms with Crippen LogP contribution in [0.25, 0.3) is 17.4 Å². The molecule has 3 aromatic rings. The number of hydrogen-bond acceptors (Lipinski definition) is 4. The minimum atomic E-state index is -0.420. The van der Waals surface area contributed by atoms with E-state index in [1.165, 1.54) is 12.1 Å². The van der Waals surface area contributed by atoms with E-state index in [0.717, 1.165) is 5.56 Å². The molecule has 4 rings (SSSR count). The van der Waals surface area contributed by atoms with Gasteiger partial charge in [0, 0.05) is 24.2 Å². The predicted octanol–water partition coefficient (Wildman–Crippen LogP) is 6.13. The summed E-state index contributed by atoms with van der Waals surface area (Å²) in [5.74, 6) is 0.363. The van der Waals surface area contributed by atoms with Crippen LogP contribution in [0.1, 0.15) is 16.1 Å². The number of allylic oxidation sites excluding steroid dienone is 1. The quantitative estimate of drug-likeness (QED) is 0.350. The highest BCUT2D eigenvalue weighted by molar-refractivity contribution is 6.42. The van der Waals surface area contributed by atoms with E-state index in [0.29, 0.717) is 53.6 Å². The van der Waals surface area contributed by atoms with E-state index >= 15 is 0 Å². The molecule has 1 fully saturated rings. The molecule has 1 aliphatic rings. The van der Waals surface area contributed by atoms with Crippen molar-refractivity contribution in [3.8, 4) is 11.3 Å². The number of ether oxygens (including phenoxy) is 1. The van der Waals surface area contributed by atoms with Crippen molar-refractivity contribution in [2.24, 2.45) is 0 Å². The van der Waals surface area contributed by atoms with Crippen LogP contribution in [-0.2, 0) is 4.74 Å². The standard InChI is InChI=1S/C23H18Cl2FNO3/c24-18-5-1-16(13-19(18)25)23-8-4-17(30-23)3-7-22(28)15-2-6-21(20(26)14-15)27-9-11-29-12-10-27/h1-8,13-14H,9-12H2. The lowest BCUT2D eigenvalue weighted by Crippen LogP contribution is -2.36. The van der Waals surface area contributed by atoms with Crippen LogP contribution in [0.5, 0.6) is 0 Å². The molecule has 0 atom stereocenters. The van der Waals surface area contributed by atoms with Crippen molar-refractivity contribution in [2.75, 3.05) is 31.2 Å². The van der Waals surface area contributed by atoms with Gasteiger partial charge in [0.15, 0.2) is 5.78 Å². The summed E-state index contributed by atoms with van der Waals surface area (Å²) in [5, 5.41) is 0.893. The van der Waals surface area contributed by atoms with Crippen LogP contribution in [0.2, 0.25) is 10.0 Å². The predicted molar refractivity (Wildman–Crippen MR) is 117 cm³/mol. The van der Waals surface area contributed by atoms with E-state index in [4.69, 9.17) is 32.4 Å². The van der Waals surface area contributed by atoms with Crippen LogP contribution in [0.3, 0.4) is 0 Å². The first-order valence-corrected chi connectivity index (χ1v) is 10.2. The van der Waals surface area contributed by atoms with Gasteiger partial charge in [-0.2, -0.15) is 0 Å². The second kappa shape index (κ2) is 9.04. The third-order valence-electron chi connectivity index (χ3n) is 4.81. The van der Waals surface area contributed by atoms with Gasteiger partial charge in [0.05, 0.1) is 28.9 Å². The molecule has 1 aromatic heterocycles. The van der Waals surface area contributed by atoms with Gasteiger partial charge in [-0.15, -0.1) is 0 Å². The Hall–Kier alpha value is -2.60. The lowest BCUT2D eigenvalue weighted by Gasteiger charge is -2.29. The number of morpholine rings is 1. The molecule has 0 unspecified atom stereocenters. The number of ketones is 1. The molecular formula is C23H18Cl2FNO3. The van der Waals surface area contributed by atoms with Gasteiger partial charge in [0.2, 0.25) is 0 Å². The Kier molecular flexibility index (Phi) is 6.23. The monoisotopic (exact) mass is 445 g/mol. The van der Waals surface area contributed by atoms with E-state index in [9.17, 15) is 9.18 Å². The molecule has 1 saturated heterocycles. The van der Waals surface area contributed by atoms with E-state index in [1.807, 2.05) is 4.90 Å². The number of hydrogen-bond donors (Lipinski definition) is 0. The first-order valence-electron chi connectivity index (χ1n) is 9.41. The van der Waals surface area contributed by atoms with Crippen LogP contribution in [-0.4, -0.2) is 32.1 Å². The van der Waals surface area contributed by atoms with Gasteiger partial charge in [0.1, 0.15) is 17.3 Å². The number of nitrogens with zero attached hydrogens (tertiary/aromatic N) is 1. The van der Waals surface area contributed by atoms with E-state index in [1.54, 1.807) is 48.5 Å². The molecule has 4 nitrogen and oxygen atoms in total. The molecule has 0 bridgehead atoms. The SMILES string of the molecule is O=C(C=Cc1ccc(-c2ccc(Cl)c(Cl)c2)o1)c1ccc(N2CCOCC2)c(F)c1. The minimum absolute atomic E-state index is 0.275. The molecule has 1 aliphatic heterocycles. The van der Waals surface area contributed by atoms with Crippen molar-refractivity contribution in [1.82, 2.24) is 0 Å². The summed E-state index contributed by atoms with van der Waals surface area (Å²) >= 11 is 12.0. The summed E-state index contributed by atoms with van der Waals surface area (Å²) in [7, 11) is 0. The van der Waals surface area contributed by atoms with Gasteiger partial charge in [-0.3, -0.25) is 4.79 Å². The number of carbonyl (C=O) groups is 1. The van der Waals surface area contributed by atoms with Crippen molar-refractivity contribution >= 4 is 40.7 Å². The fraction of sp³-hybridized carbons (Fsp3) is 0.174. The Morgan fingerprint density at radius 3 is 2.53 bits per heavy atom. The molecule has 0 saturated carbocycles. The van der Waals surface area contributed by atoms with Crippen molar-refractivity contribution < 1.29 is 18.3 Å². The normalized spacial score (nSPS) is 14.4. The molecule has 154 valence electrons. The highest BCUT2D eigenvalue weighted by Gasteiger charge is 2.16. The Morgan fingerprint density at radius 2 is 1.80 bits per heavy atom. The first kappa shape index (κ1) is 20.7. The number of anilines is 1. The third-order valence-corrected chi connectivity index (χ3v) is 5.55. The van der Waals surface area contributed by atoms with E-state index in [-0.39, 0.29) is 11.3 Å². The highest BCUT2D eigenvalue weighted by atomic mass is 35.5. The van der Waals surface area contributed by atoms with Gasteiger partial charge in [-0.05, 0) is 60.7 Å². The van der Waals surface area contributed by atoms with Crippen LogP contribution < -0.4 is 4.90 Å². The van der Waals surface area contributed by atoms with E-state index in [2.05, 4.69) is 0 Å².